The van der Waals surface area contributed by atoms with Crippen LogP contribution in [-0.2, 0) is 4.79 Å². The average Bonchev–Trinajstić information content (AvgIpc) is 1.87. The van der Waals surface area contributed by atoms with E-state index in [1.54, 1.807) is 6.92 Å². The molecule has 3 heteroatoms. The van der Waals surface area contributed by atoms with Gasteiger partial charge in [0.2, 0.25) is 0 Å². The molecule has 0 aliphatic carbocycles. The normalized spacial score (nSPS) is 8.80. The number of carbonyl (C=O) groups is 1. The Bertz CT molecular complexity index is 166. The molecule has 10 heavy (non-hydrogen) atoms. The number of amides is 1. The molecule has 0 atom stereocenters. The first kappa shape index (κ1) is 9.05. The van der Waals surface area contributed by atoms with Gasteiger partial charge in [-0.25, -0.2) is 4.99 Å². The van der Waals surface area contributed by atoms with E-state index in [1.807, 2.05) is 13.8 Å². The molecule has 0 aromatic carbocycles. The zero-order valence-corrected chi connectivity index (χ0v) is 6.59. The van der Waals surface area contributed by atoms with E-state index in [9.17, 15) is 4.79 Å². The Hall–Kier alpha value is -0.950. The second kappa shape index (κ2) is 4.89. The number of hydrogen-bond acceptors (Lipinski definition) is 2. The van der Waals surface area contributed by atoms with Crippen LogP contribution in [0.2, 0.25) is 0 Å². The molecular weight excluding hydrogens is 128 g/mol. The number of rotatable bonds is 2. The van der Waals surface area contributed by atoms with Crippen LogP contribution < -0.4 is 0 Å². The van der Waals surface area contributed by atoms with E-state index in [1.165, 1.54) is 0 Å². The zero-order chi connectivity index (χ0) is 7.98. The zero-order valence-electron chi connectivity index (χ0n) is 6.59. The van der Waals surface area contributed by atoms with Crippen molar-refractivity contribution in [3.63, 3.8) is 0 Å². The average molecular weight is 140 g/mol. The molecule has 0 aliphatic rings. The number of nitrogens with zero attached hydrogens (tertiary/aromatic N) is 2. The van der Waals surface area contributed by atoms with Crippen molar-refractivity contribution in [3.8, 4) is 0 Å². The van der Waals surface area contributed by atoms with Crippen molar-refractivity contribution >= 4 is 11.9 Å². The van der Waals surface area contributed by atoms with Crippen molar-refractivity contribution in [2.24, 2.45) is 9.98 Å². The van der Waals surface area contributed by atoms with Crippen molar-refractivity contribution < 1.29 is 4.79 Å². The highest BCUT2D eigenvalue weighted by Crippen LogP contribution is 1.82. The standard InChI is InChI=1S/C7H12N2O/c1-4-7(10)9-5-8-6(2)3/h6H,4H2,1-3H3. The molecule has 0 radical (unpaired) electrons. The van der Waals surface area contributed by atoms with Gasteiger partial charge in [0.15, 0.2) is 0 Å². The van der Waals surface area contributed by atoms with Gasteiger partial charge in [-0.05, 0) is 13.8 Å². The quantitative estimate of drug-likeness (QED) is 0.536. The van der Waals surface area contributed by atoms with Crippen molar-refractivity contribution in [2.75, 3.05) is 0 Å². The van der Waals surface area contributed by atoms with E-state index >= 15 is 0 Å². The topological polar surface area (TPSA) is 41.8 Å². The molecule has 0 heterocycles. The summed E-state index contributed by atoms with van der Waals surface area (Å²) in [6.45, 7) is 5.56. The Kier molecular flexibility index (Phi) is 4.42. The minimum atomic E-state index is -0.176. The van der Waals surface area contributed by atoms with Gasteiger partial charge < -0.3 is 0 Å². The maximum atomic E-state index is 10.5. The molecule has 0 aromatic rings. The fourth-order valence-corrected chi connectivity index (χ4v) is 0.279. The Morgan fingerprint density at radius 2 is 2.20 bits per heavy atom. The summed E-state index contributed by atoms with van der Waals surface area (Å²) in [6.07, 6.45) is 0.417. The largest absolute Gasteiger partial charge is 0.272 e. The van der Waals surface area contributed by atoms with Crippen molar-refractivity contribution in [2.45, 2.75) is 33.2 Å². The van der Waals surface area contributed by atoms with Crippen LogP contribution in [0, 0.1) is 0 Å². The van der Waals surface area contributed by atoms with Crippen LogP contribution in [0.5, 0.6) is 0 Å². The second-order valence-corrected chi connectivity index (χ2v) is 2.18. The molecule has 0 fully saturated rings. The summed E-state index contributed by atoms with van der Waals surface area (Å²) in [7, 11) is 0. The summed E-state index contributed by atoms with van der Waals surface area (Å²) >= 11 is 0. The van der Waals surface area contributed by atoms with Gasteiger partial charge in [0, 0.05) is 6.42 Å². The lowest BCUT2D eigenvalue weighted by atomic mass is 10.4. The van der Waals surface area contributed by atoms with Gasteiger partial charge in [0.1, 0.15) is 0 Å². The summed E-state index contributed by atoms with van der Waals surface area (Å²) in [5.74, 6) is -0.176. The molecule has 0 bridgehead atoms. The summed E-state index contributed by atoms with van der Waals surface area (Å²) in [6, 6.07) is 2.50. The molecule has 3 nitrogen and oxygen atoms in total. The highest BCUT2D eigenvalue weighted by atomic mass is 16.1. The van der Waals surface area contributed by atoms with Gasteiger partial charge in [0.05, 0.1) is 12.1 Å². The molecule has 0 N–H and O–H groups in total. The minimum absolute atomic E-state index is 0.161. The first-order valence-electron chi connectivity index (χ1n) is 3.35. The van der Waals surface area contributed by atoms with Gasteiger partial charge in [-0.1, -0.05) is 6.92 Å². The van der Waals surface area contributed by atoms with Crippen LogP contribution in [0.3, 0.4) is 0 Å². The monoisotopic (exact) mass is 140 g/mol. The predicted molar refractivity (Wildman–Crippen MR) is 40.3 cm³/mol. The number of hydrogen-bond donors (Lipinski definition) is 0. The highest BCUT2D eigenvalue weighted by Gasteiger charge is 1.88. The molecule has 0 rings (SSSR count). The van der Waals surface area contributed by atoms with Gasteiger partial charge in [-0.15, -0.1) is 4.99 Å². The van der Waals surface area contributed by atoms with Crippen LogP contribution >= 0.6 is 0 Å². The van der Waals surface area contributed by atoms with Gasteiger partial charge in [-0.3, -0.25) is 4.79 Å². The first-order chi connectivity index (χ1) is 4.66. The third-order valence-corrected chi connectivity index (χ3v) is 0.793. The highest BCUT2D eigenvalue weighted by molar-refractivity contribution is 5.81. The molecule has 0 spiro atoms. The number of carbonyl (C=O) groups excluding carboxylic acids is 1. The van der Waals surface area contributed by atoms with E-state index in [0.717, 1.165) is 0 Å². The minimum Gasteiger partial charge on any atom is -0.272 e. The van der Waals surface area contributed by atoms with Crippen molar-refractivity contribution in [3.05, 3.63) is 0 Å². The second-order valence-electron chi connectivity index (χ2n) is 2.18. The molecule has 0 saturated carbocycles. The third kappa shape index (κ3) is 5.19. The van der Waals surface area contributed by atoms with Crippen LogP contribution in [0.4, 0.5) is 0 Å². The summed E-state index contributed by atoms with van der Waals surface area (Å²) in [5, 5.41) is 0. The lowest BCUT2D eigenvalue weighted by molar-refractivity contribution is -0.117. The Morgan fingerprint density at radius 1 is 1.60 bits per heavy atom. The molecule has 0 aromatic heterocycles. The third-order valence-electron chi connectivity index (χ3n) is 0.793. The Balaban J connectivity index is 3.85. The van der Waals surface area contributed by atoms with E-state index in [-0.39, 0.29) is 11.9 Å². The van der Waals surface area contributed by atoms with E-state index in [2.05, 4.69) is 16.0 Å². The van der Waals surface area contributed by atoms with Gasteiger partial charge in [-0.2, -0.15) is 0 Å². The fraction of sp³-hybridized carbons (Fsp3) is 0.714. The lowest BCUT2D eigenvalue weighted by Gasteiger charge is -1.85. The Labute approximate surface area is 60.9 Å². The lowest BCUT2D eigenvalue weighted by Crippen LogP contribution is -1.89. The van der Waals surface area contributed by atoms with Crippen LogP contribution in [0.15, 0.2) is 9.98 Å². The van der Waals surface area contributed by atoms with E-state index < -0.39 is 0 Å². The maximum Gasteiger partial charge on any atom is 0.254 e. The summed E-state index contributed by atoms with van der Waals surface area (Å²) < 4.78 is 0. The van der Waals surface area contributed by atoms with Gasteiger partial charge >= 0.3 is 0 Å². The predicted octanol–water partition coefficient (Wildman–Crippen LogP) is 1.51. The molecule has 56 valence electrons. The smallest absolute Gasteiger partial charge is 0.254 e. The van der Waals surface area contributed by atoms with E-state index in [4.69, 9.17) is 0 Å². The fourth-order valence-electron chi connectivity index (χ4n) is 0.279. The summed E-state index contributed by atoms with van der Waals surface area (Å²) in [5.41, 5.74) is 0. The van der Waals surface area contributed by atoms with E-state index in [0.29, 0.717) is 6.42 Å². The maximum absolute atomic E-state index is 10.5. The van der Waals surface area contributed by atoms with Crippen LogP contribution in [-0.4, -0.2) is 18.0 Å². The van der Waals surface area contributed by atoms with Crippen molar-refractivity contribution in [1.29, 1.82) is 0 Å². The van der Waals surface area contributed by atoms with Crippen LogP contribution in [0.1, 0.15) is 27.2 Å². The molecule has 1 amide bonds. The first-order valence-corrected chi connectivity index (χ1v) is 3.35. The molecular formula is C7H12N2O. The molecule has 0 unspecified atom stereocenters. The molecule has 0 saturated heterocycles. The SMILES string of the molecule is CCC(=O)N=C=NC(C)C. The summed E-state index contributed by atoms with van der Waals surface area (Å²) in [4.78, 5) is 17.7. The number of aliphatic imine (C=N–C) groups is 2. The van der Waals surface area contributed by atoms with Gasteiger partial charge in [0.25, 0.3) is 5.91 Å². The van der Waals surface area contributed by atoms with Crippen LogP contribution in [0.25, 0.3) is 0 Å². The van der Waals surface area contributed by atoms with Crippen molar-refractivity contribution in [1.82, 2.24) is 0 Å². The molecule has 0 aliphatic heterocycles. The Morgan fingerprint density at radius 3 is 2.60 bits per heavy atom.